The zero-order valence-electron chi connectivity index (χ0n) is 8.97. The summed E-state index contributed by atoms with van der Waals surface area (Å²) in [6, 6.07) is 7.99. The SMILES string of the molecule is COc1cc(C(=O)O)cc2ccc(C#N)nc12. The van der Waals surface area contributed by atoms with Crippen molar-refractivity contribution in [1.29, 1.82) is 5.26 Å². The van der Waals surface area contributed by atoms with Gasteiger partial charge < -0.3 is 9.84 Å². The molecule has 17 heavy (non-hydrogen) atoms. The molecular formula is C12H8N2O3. The van der Waals surface area contributed by atoms with E-state index in [0.29, 0.717) is 16.7 Å². The van der Waals surface area contributed by atoms with Gasteiger partial charge in [0.15, 0.2) is 0 Å². The van der Waals surface area contributed by atoms with Gasteiger partial charge in [-0.2, -0.15) is 5.26 Å². The molecule has 84 valence electrons. The van der Waals surface area contributed by atoms with Crippen LogP contribution in [0, 0.1) is 11.3 Å². The third kappa shape index (κ3) is 1.88. The number of nitriles is 1. The summed E-state index contributed by atoms with van der Waals surface area (Å²) >= 11 is 0. The first-order chi connectivity index (χ1) is 8.15. The Balaban J connectivity index is 2.78. The molecule has 0 bridgehead atoms. The van der Waals surface area contributed by atoms with E-state index >= 15 is 0 Å². The number of aromatic nitrogens is 1. The lowest BCUT2D eigenvalue weighted by Gasteiger charge is -2.06. The third-order valence-electron chi connectivity index (χ3n) is 2.34. The number of aromatic carboxylic acids is 1. The van der Waals surface area contributed by atoms with Gasteiger partial charge in [0.05, 0.1) is 12.7 Å². The maximum Gasteiger partial charge on any atom is 0.335 e. The summed E-state index contributed by atoms with van der Waals surface area (Å²) in [5.74, 6) is -0.688. The quantitative estimate of drug-likeness (QED) is 0.847. The number of rotatable bonds is 2. The standard InChI is InChI=1S/C12H8N2O3/c1-17-10-5-8(12(15)16)4-7-2-3-9(6-13)14-11(7)10/h2-5H,1H3,(H,15,16). The number of benzene rings is 1. The van der Waals surface area contributed by atoms with Gasteiger partial charge >= 0.3 is 5.97 Å². The maximum absolute atomic E-state index is 10.9. The molecule has 0 aliphatic carbocycles. The van der Waals surface area contributed by atoms with E-state index in [4.69, 9.17) is 15.1 Å². The Kier molecular flexibility index (Phi) is 2.63. The topological polar surface area (TPSA) is 83.2 Å². The number of methoxy groups -OCH3 is 1. The van der Waals surface area contributed by atoms with Gasteiger partial charge in [-0.25, -0.2) is 9.78 Å². The van der Waals surface area contributed by atoms with Gasteiger partial charge in [-0.15, -0.1) is 0 Å². The van der Waals surface area contributed by atoms with Gasteiger partial charge in [0, 0.05) is 5.39 Å². The molecular weight excluding hydrogens is 220 g/mol. The van der Waals surface area contributed by atoms with Gasteiger partial charge in [-0.1, -0.05) is 0 Å². The summed E-state index contributed by atoms with van der Waals surface area (Å²) in [6.07, 6.45) is 0. The van der Waals surface area contributed by atoms with Gasteiger partial charge in [0.25, 0.3) is 0 Å². The highest BCUT2D eigenvalue weighted by atomic mass is 16.5. The fourth-order valence-electron chi connectivity index (χ4n) is 1.54. The van der Waals surface area contributed by atoms with Crippen molar-refractivity contribution in [3.63, 3.8) is 0 Å². The highest BCUT2D eigenvalue weighted by Crippen LogP contribution is 2.26. The molecule has 0 aliphatic heterocycles. The van der Waals surface area contributed by atoms with Gasteiger partial charge in [-0.05, 0) is 24.3 Å². The van der Waals surface area contributed by atoms with Crippen molar-refractivity contribution in [2.45, 2.75) is 0 Å². The Labute approximate surface area is 96.9 Å². The second-order valence-electron chi connectivity index (χ2n) is 3.36. The van der Waals surface area contributed by atoms with E-state index in [-0.39, 0.29) is 11.3 Å². The van der Waals surface area contributed by atoms with Crippen LogP contribution < -0.4 is 4.74 Å². The molecule has 0 atom stereocenters. The highest BCUT2D eigenvalue weighted by Gasteiger charge is 2.11. The number of ether oxygens (including phenoxy) is 1. The van der Waals surface area contributed by atoms with Crippen LogP contribution in [0.3, 0.4) is 0 Å². The Morgan fingerprint density at radius 1 is 1.47 bits per heavy atom. The summed E-state index contributed by atoms with van der Waals surface area (Å²) in [5, 5.41) is 18.3. The van der Waals surface area contributed by atoms with Crippen molar-refractivity contribution in [2.75, 3.05) is 7.11 Å². The molecule has 1 N–H and O–H groups in total. The van der Waals surface area contributed by atoms with Crippen molar-refractivity contribution in [2.24, 2.45) is 0 Å². The van der Waals surface area contributed by atoms with Crippen LogP contribution in [0.2, 0.25) is 0 Å². The van der Waals surface area contributed by atoms with Crippen LogP contribution in [0.15, 0.2) is 24.3 Å². The van der Waals surface area contributed by atoms with E-state index < -0.39 is 5.97 Å². The first kappa shape index (κ1) is 10.9. The summed E-state index contributed by atoms with van der Waals surface area (Å²) < 4.78 is 5.08. The minimum Gasteiger partial charge on any atom is -0.494 e. The van der Waals surface area contributed by atoms with Crippen molar-refractivity contribution in [3.8, 4) is 11.8 Å². The number of carboxylic acid groups (broad SMARTS) is 1. The molecule has 0 aliphatic rings. The van der Waals surface area contributed by atoms with Crippen molar-refractivity contribution in [3.05, 3.63) is 35.5 Å². The van der Waals surface area contributed by atoms with Crippen LogP contribution >= 0.6 is 0 Å². The second-order valence-corrected chi connectivity index (χ2v) is 3.36. The van der Waals surface area contributed by atoms with E-state index in [1.807, 2.05) is 6.07 Å². The van der Waals surface area contributed by atoms with Crippen LogP contribution in [0.25, 0.3) is 10.9 Å². The summed E-state index contributed by atoms with van der Waals surface area (Å²) in [6.45, 7) is 0. The van der Waals surface area contributed by atoms with E-state index in [2.05, 4.69) is 4.98 Å². The van der Waals surface area contributed by atoms with Gasteiger partial charge in [-0.3, -0.25) is 0 Å². The first-order valence-electron chi connectivity index (χ1n) is 4.78. The van der Waals surface area contributed by atoms with Crippen LogP contribution in [-0.4, -0.2) is 23.2 Å². The van der Waals surface area contributed by atoms with Gasteiger partial charge in [0.1, 0.15) is 23.0 Å². The lowest BCUT2D eigenvalue weighted by molar-refractivity contribution is 0.0696. The number of pyridine rings is 1. The average molecular weight is 228 g/mol. The molecule has 1 aromatic carbocycles. The van der Waals surface area contributed by atoms with Crippen LogP contribution in [0.1, 0.15) is 16.1 Å². The fourth-order valence-corrected chi connectivity index (χ4v) is 1.54. The molecule has 0 saturated carbocycles. The monoisotopic (exact) mass is 228 g/mol. The van der Waals surface area contributed by atoms with Crippen LogP contribution in [0.5, 0.6) is 5.75 Å². The Hall–Kier alpha value is -2.61. The summed E-state index contributed by atoms with van der Waals surface area (Å²) in [7, 11) is 1.43. The number of carboxylic acids is 1. The average Bonchev–Trinajstić information content (AvgIpc) is 2.36. The molecule has 5 heteroatoms. The van der Waals surface area contributed by atoms with Crippen molar-refractivity contribution >= 4 is 16.9 Å². The summed E-state index contributed by atoms with van der Waals surface area (Å²) in [5.41, 5.74) is 0.872. The Bertz CT molecular complexity index is 644. The minimum absolute atomic E-state index is 0.126. The molecule has 0 amide bonds. The predicted octanol–water partition coefficient (Wildman–Crippen LogP) is 1.81. The maximum atomic E-state index is 10.9. The normalized spacial score (nSPS) is 9.88. The highest BCUT2D eigenvalue weighted by molar-refractivity contribution is 5.96. The number of fused-ring (bicyclic) bond motifs is 1. The smallest absolute Gasteiger partial charge is 0.335 e. The van der Waals surface area contributed by atoms with Crippen LogP contribution in [0.4, 0.5) is 0 Å². The fraction of sp³-hybridized carbons (Fsp3) is 0.0833. The number of nitrogens with zero attached hydrogens (tertiary/aromatic N) is 2. The Morgan fingerprint density at radius 3 is 2.82 bits per heavy atom. The molecule has 0 saturated heterocycles. The Morgan fingerprint density at radius 2 is 2.24 bits per heavy atom. The largest absolute Gasteiger partial charge is 0.494 e. The minimum atomic E-state index is -1.03. The number of hydrogen-bond donors (Lipinski definition) is 1. The van der Waals surface area contributed by atoms with Crippen molar-refractivity contribution < 1.29 is 14.6 Å². The number of hydrogen-bond acceptors (Lipinski definition) is 4. The van der Waals surface area contributed by atoms with E-state index in [1.165, 1.54) is 25.3 Å². The molecule has 0 unspecified atom stereocenters. The predicted molar refractivity (Wildman–Crippen MR) is 60.0 cm³/mol. The number of carbonyl (C=O) groups is 1. The molecule has 0 fully saturated rings. The molecule has 5 nitrogen and oxygen atoms in total. The van der Waals surface area contributed by atoms with Crippen molar-refractivity contribution in [1.82, 2.24) is 4.98 Å². The van der Waals surface area contributed by atoms with E-state index in [9.17, 15) is 4.79 Å². The third-order valence-corrected chi connectivity index (χ3v) is 2.34. The van der Waals surface area contributed by atoms with Crippen LogP contribution in [-0.2, 0) is 0 Å². The second kappa shape index (κ2) is 4.10. The zero-order valence-corrected chi connectivity index (χ0v) is 8.97. The lowest BCUT2D eigenvalue weighted by Crippen LogP contribution is -1.99. The van der Waals surface area contributed by atoms with Gasteiger partial charge in [0.2, 0.25) is 0 Å². The van der Waals surface area contributed by atoms with E-state index in [0.717, 1.165) is 0 Å². The lowest BCUT2D eigenvalue weighted by atomic mass is 10.1. The van der Waals surface area contributed by atoms with E-state index in [1.54, 1.807) is 6.07 Å². The molecule has 2 rings (SSSR count). The molecule has 0 radical (unpaired) electrons. The summed E-state index contributed by atoms with van der Waals surface area (Å²) in [4.78, 5) is 15.0. The molecule has 1 aromatic heterocycles. The molecule has 1 heterocycles. The molecule has 0 spiro atoms. The molecule has 2 aromatic rings. The zero-order chi connectivity index (χ0) is 12.4. The first-order valence-corrected chi connectivity index (χ1v) is 4.78.